The van der Waals surface area contributed by atoms with Gasteiger partial charge in [-0.05, 0) is 31.4 Å². The first-order valence-corrected chi connectivity index (χ1v) is 6.91. The van der Waals surface area contributed by atoms with E-state index in [-0.39, 0.29) is 6.04 Å². The third kappa shape index (κ3) is 3.07. The highest BCUT2D eigenvalue weighted by molar-refractivity contribution is 5.16. The molecule has 0 amide bonds. The van der Waals surface area contributed by atoms with Crippen molar-refractivity contribution in [3.05, 3.63) is 42.2 Å². The molecule has 0 bridgehead atoms. The van der Waals surface area contributed by atoms with Crippen LogP contribution in [0, 0.1) is 5.92 Å². The summed E-state index contributed by atoms with van der Waals surface area (Å²) in [5, 5.41) is 0. The van der Waals surface area contributed by atoms with Crippen molar-refractivity contribution in [3.63, 3.8) is 0 Å². The number of hydrogen-bond acceptors (Lipinski definition) is 2. The lowest BCUT2D eigenvalue weighted by Crippen LogP contribution is -2.16. The van der Waals surface area contributed by atoms with Crippen LogP contribution in [-0.2, 0) is 6.54 Å². The Balaban J connectivity index is 2.14. The predicted molar refractivity (Wildman–Crippen MR) is 77.9 cm³/mol. The minimum atomic E-state index is 0.108. The van der Waals surface area contributed by atoms with E-state index in [1.54, 1.807) is 0 Å². The lowest BCUT2D eigenvalue weighted by molar-refractivity contribution is 0.513. The first-order valence-electron chi connectivity index (χ1n) is 6.91. The molecule has 2 rings (SSSR count). The van der Waals surface area contributed by atoms with Gasteiger partial charge in [0.1, 0.15) is 0 Å². The van der Waals surface area contributed by atoms with Crippen LogP contribution in [0.1, 0.15) is 51.0 Å². The molecule has 104 valence electrons. The van der Waals surface area contributed by atoms with Crippen molar-refractivity contribution < 1.29 is 0 Å². The molecule has 2 aromatic heterocycles. The third-order valence-corrected chi connectivity index (χ3v) is 3.52. The van der Waals surface area contributed by atoms with Crippen molar-refractivity contribution in [2.24, 2.45) is 11.7 Å². The molecule has 2 N–H and O–H groups in total. The first-order chi connectivity index (χ1) is 8.99. The SMILES string of the molecule is CC(C)C(N)c1ccn(Cc2cncn2C(C)C)c1. The van der Waals surface area contributed by atoms with Crippen LogP contribution in [0.2, 0.25) is 0 Å². The topological polar surface area (TPSA) is 48.8 Å². The van der Waals surface area contributed by atoms with Gasteiger partial charge in [-0.3, -0.25) is 0 Å². The van der Waals surface area contributed by atoms with Crippen molar-refractivity contribution in [2.45, 2.75) is 46.3 Å². The Bertz CT molecular complexity index is 522. The van der Waals surface area contributed by atoms with E-state index in [2.05, 4.69) is 60.3 Å². The van der Waals surface area contributed by atoms with Crippen LogP contribution in [0.4, 0.5) is 0 Å². The molecule has 0 aliphatic rings. The van der Waals surface area contributed by atoms with Gasteiger partial charge >= 0.3 is 0 Å². The second kappa shape index (κ2) is 5.61. The number of imidazole rings is 1. The second-order valence-corrected chi connectivity index (χ2v) is 5.77. The molecule has 0 saturated heterocycles. The summed E-state index contributed by atoms with van der Waals surface area (Å²) in [6.07, 6.45) is 8.06. The smallest absolute Gasteiger partial charge is 0.0951 e. The quantitative estimate of drug-likeness (QED) is 0.898. The van der Waals surface area contributed by atoms with Crippen LogP contribution in [-0.4, -0.2) is 14.1 Å². The maximum Gasteiger partial charge on any atom is 0.0951 e. The molecule has 0 aromatic carbocycles. The van der Waals surface area contributed by atoms with Gasteiger partial charge in [-0.15, -0.1) is 0 Å². The van der Waals surface area contributed by atoms with E-state index < -0.39 is 0 Å². The number of nitrogens with zero attached hydrogens (tertiary/aromatic N) is 3. The van der Waals surface area contributed by atoms with Crippen LogP contribution in [0.5, 0.6) is 0 Å². The standard InChI is InChI=1S/C15H24N4/c1-11(2)15(16)13-5-6-18(8-13)9-14-7-17-10-19(14)12(3)4/h5-8,10-12,15H,9,16H2,1-4H3. The van der Waals surface area contributed by atoms with E-state index in [0.717, 1.165) is 6.54 Å². The molecule has 19 heavy (non-hydrogen) atoms. The average Bonchev–Trinajstić information content (AvgIpc) is 2.97. The molecule has 0 aliphatic heterocycles. The van der Waals surface area contributed by atoms with Gasteiger partial charge in [-0.2, -0.15) is 0 Å². The van der Waals surface area contributed by atoms with Crippen molar-refractivity contribution in [3.8, 4) is 0 Å². The summed E-state index contributed by atoms with van der Waals surface area (Å²) in [7, 11) is 0. The maximum atomic E-state index is 6.17. The Kier molecular flexibility index (Phi) is 4.10. The van der Waals surface area contributed by atoms with Gasteiger partial charge in [0.05, 0.1) is 18.6 Å². The van der Waals surface area contributed by atoms with Gasteiger partial charge in [0.15, 0.2) is 0 Å². The summed E-state index contributed by atoms with van der Waals surface area (Å²) in [6, 6.07) is 2.66. The molecule has 0 spiro atoms. The van der Waals surface area contributed by atoms with Crippen molar-refractivity contribution in [1.29, 1.82) is 0 Å². The molecule has 0 aliphatic carbocycles. The number of hydrogen-bond donors (Lipinski definition) is 1. The fraction of sp³-hybridized carbons (Fsp3) is 0.533. The van der Waals surface area contributed by atoms with Gasteiger partial charge in [-0.1, -0.05) is 13.8 Å². The third-order valence-electron chi connectivity index (χ3n) is 3.52. The summed E-state index contributed by atoms with van der Waals surface area (Å²) in [5.41, 5.74) is 8.59. The van der Waals surface area contributed by atoms with Crippen LogP contribution >= 0.6 is 0 Å². The minimum absolute atomic E-state index is 0.108. The molecule has 1 unspecified atom stereocenters. The summed E-state index contributed by atoms with van der Waals surface area (Å²) in [4.78, 5) is 4.23. The van der Waals surface area contributed by atoms with Gasteiger partial charge in [0.2, 0.25) is 0 Å². The monoisotopic (exact) mass is 260 g/mol. The molecule has 0 saturated carbocycles. The summed E-state index contributed by atoms with van der Waals surface area (Å²) < 4.78 is 4.37. The van der Waals surface area contributed by atoms with Crippen LogP contribution in [0.15, 0.2) is 31.0 Å². The Morgan fingerprint density at radius 3 is 2.63 bits per heavy atom. The molecule has 0 fully saturated rings. The number of rotatable bonds is 5. The molecular weight excluding hydrogens is 236 g/mol. The molecular formula is C15H24N4. The van der Waals surface area contributed by atoms with E-state index in [1.165, 1.54) is 11.3 Å². The summed E-state index contributed by atoms with van der Waals surface area (Å²) in [6.45, 7) is 9.47. The van der Waals surface area contributed by atoms with Crippen molar-refractivity contribution in [1.82, 2.24) is 14.1 Å². The summed E-state index contributed by atoms with van der Waals surface area (Å²) >= 11 is 0. The average molecular weight is 260 g/mol. The van der Waals surface area contributed by atoms with Crippen molar-refractivity contribution >= 4 is 0 Å². The highest BCUT2D eigenvalue weighted by Crippen LogP contribution is 2.19. The highest BCUT2D eigenvalue weighted by atomic mass is 15.1. The Morgan fingerprint density at radius 2 is 2.00 bits per heavy atom. The predicted octanol–water partition coefficient (Wildman–Crippen LogP) is 2.97. The van der Waals surface area contributed by atoms with E-state index in [0.29, 0.717) is 12.0 Å². The Morgan fingerprint density at radius 1 is 1.26 bits per heavy atom. The lowest BCUT2D eigenvalue weighted by atomic mass is 10.00. The van der Waals surface area contributed by atoms with Gasteiger partial charge in [0, 0.05) is 30.7 Å². The number of aromatic nitrogens is 3. The zero-order valence-electron chi connectivity index (χ0n) is 12.2. The van der Waals surface area contributed by atoms with Gasteiger partial charge in [0.25, 0.3) is 0 Å². The lowest BCUT2D eigenvalue weighted by Gasteiger charge is -2.14. The molecule has 2 aromatic rings. The maximum absolute atomic E-state index is 6.17. The van der Waals surface area contributed by atoms with Crippen LogP contribution < -0.4 is 5.73 Å². The van der Waals surface area contributed by atoms with Gasteiger partial charge < -0.3 is 14.9 Å². The normalized spacial score (nSPS) is 13.4. The first kappa shape index (κ1) is 13.9. The zero-order chi connectivity index (χ0) is 14.0. The number of nitrogens with two attached hydrogens (primary N) is 1. The summed E-state index contributed by atoms with van der Waals surface area (Å²) in [5.74, 6) is 0.456. The van der Waals surface area contributed by atoms with Crippen LogP contribution in [0.25, 0.3) is 0 Å². The Hall–Kier alpha value is -1.55. The largest absolute Gasteiger partial charge is 0.348 e. The second-order valence-electron chi connectivity index (χ2n) is 5.77. The van der Waals surface area contributed by atoms with E-state index in [9.17, 15) is 0 Å². The highest BCUT2D eigenvalue weighted by Gasteiger charge is 2.12. The molecule has 4 nitrogen and oxygen atoms in total. The van der Waals surface area contributed by atoms with Crippen molar-refractivity contribution in [2.75, 3.05) is 0 Å². The molecule has 2 heterocycles. The fourth-order valence-electron chi connectivity index (χ4n) is 2.25. The Labute approximate surface area is 115 Å². The van der Waals surface area contributed by atoms with Gasteiger partial charge in [-0.25, -0.2) is 4.98 Å². The van der Waals surface area contributed by atoms with E-state index in [4.69, 9.17) is 5.73 Å². The van der Waals surface area contributed by atoms with E-state index in [1.807, 2.05) is 12.5 Å². The fourth-order valence-corrected chi connectivity index (χ4v) is 2.25. The zero-order valence-corrected chi connectivity index (χ0v) is 12.2. The molecule has 4 heteroatoms. The minimum Gasteiger partial charge on any atom is -0.348 e. The van der Waals surface area contributed by atoms with Crippen LogP contribution in [0.3, 0.4) is 0 Å². The molecule has 1 atom stereocenters. The molecule has 0 radical (unpaired) electrons. The van der Waals surface area contributed by atoms with E-state index >= 15 is 0 Å².